The maximum Gasteiger partial charge on any atom is 0.261 e. The second kappa shape index (κ2) is 8.90. The van der Waals surface area contributed by atoms with Gasteiger partial charge in [-0.15, -0.1) is 0 Å². The minimum atomic E-state index is -0.129. The van der Waals surface area contributed by atoms with Crippen molar-refractivity contribution in [2.75, 3.05) is 6.61 Å². The van der Waals surface area contributed by atoms with Gasteiger partial charge < -0.3 is 14.2 Å². The molecule has 6 heteroatoms. The maximum atomic E-state index is 12.8. The smallest absolute Gasteiger partial charge is 0.261 e. The summed E-state index contributed by atoms with van der Waals surface area (Å²) in [5, 5.41) is 4.05. The molecule has 152 valence electrons. The van der Waals surface area contributed by atoms with E-state index >= 15 is 0 Å². The van der Waals surface area contributed by atoms with Crippen LogP contribution in [0.3, 0.4) is 0 Å². The van der Waals surface area contributed by atoms with E-state index in [1.807, 2.05) is 77.1 Å². The number of aromatic nitrogens is 2. The number of benzene rings is 2. The van der Waals surface area contributed by atoms with Gasteiger partial charge in [-0.2, -0.15) is 4.98 Å². The van der Waals surface area contributed by atoms with Gasteiger partial charge in [-0.25, -0.2) is 0 Å². The van der Waals surface area contributed by atoms with Crippen LogP contribution in [0.15, 0.2) is 47.0 Å². The lowest BCUT2D eigenvalue weighted by Gasteiger charge is -2.25. The minimum absolute atomic E-state index is 0.0283. The molecule has 1 aromatic heterocycles. The van der Waals surface area contributed by atoms with Crippen molar-refractivity contribution < 1.29 is 14.1 Å². The Morgan fingerprint density at radius 3 is 2.45 bits per heavy atom. The van der Waals surface area contributed by atoms with E-state index in [1.54, 1.807) is 4.90 Å². The predicted molar refractivity (Wildman–Crippen MR) is 112 cm³/mol. The van der Waals surface area contributed by atoms with E-state index in [4.69, 9.17) is 9.26 Å². The summed E-state index contributed by atoms with van der Waals surface area (Å²) in [5.41, 5.74) is 4.14. The second-order valence-electron chi connectivity index (χ2n) is 7.55. The first kappa shape index (κ1) is 20.6. The zero-order valence-corrected chi connectivity index (χ0v) is 17.6. The number of ether oxygens (including phenoxy) is 1. The summed E-state index contributed by atoms with van der Waals surface area (Å²) in [7, 11) is 0. The van der Waals surface area contributed by atoms with Gasteiger partial charge in [-0.1, -0.05) is 47.1 Å². The fraction of sp³-hybridized carbons (Fsp3) is 0.348. The van der Waals surface area contributed by atoms with Crippen LogP contribution in [0, 0.1) is 20.8 Å². The molecule has 0 atom stereocenters. The predicted octanol–water partition coefficient (Wildman–Crippen LogP) is 4.48. The topological polar surface area (TPSA) is 68.5 Å². The van der Waals surface area contributed by atoms with Crippen LogP contribution in [0.1, 0.15) is 36.4 Å². The van der Waals surface area contributed by atoms with Gasteiger partial charge in [0.25, 0.3) is 5.91 Å². The van der Waals surface area contributed by atoms with Gasteiger partial charge in [0.1, 0.15) is 12.3 Å². The average molecular weight is 393 g/mol. The third-order valence-electron chi connectivity index (χ3n) is 4.72. The Morgan fingerprint density at radius 1 is 1.07 bits per heavy atom. The van der Waals surface area contributed by atoms with E-state index in [0.717, 1.165) is 28.0 Å². The Bertz CT molecular complexity index is 977. The summed E-state index contributed by atoms with van der Waals surface area (Å²) < 4.78 is 11.2. The fourth-order valence-electron chi connectivity index (χ4n) is 2.93. The molecule has 0 spiro atoms. The number of carbonyl (C=O) groups is 1. The van der Waals surface area contributed by atoms with Gasteiger partial charge in [0.2, 0.25) is 11.7 Å². The van der Waals surface area contributed by atoms with Crippen LogP contribution in [-0.4, -0.2) is 33.6 Å². The van der Waals surface area contributed by atoms with E-state index in [0.29, 0.717) is 11.7 Å². The van der Waals surface area contributed by atoms with Gasteiger partial charge in [-0.3, -0.25) is 4.79 Å². The van der Waals surface area contributed by atoms with Crippen LogP contribution in [0.2, 0.25) is 0 Å². The standard InChI is InChI=1S/C23H27N3O3/c1-15(2)26(22(27)14-28-20-12-17(4)6-9-18(20)5)13-21-24-23(25-29-21)19-10-7-16(3)8-11-19/h6-12,15H,13-14H2,1-5H3. The van der Waals surface area contributed by atoms with Crippen molar-refractivity contribution in [3.05, 3.63) is 65.0 Å². The van der Waals surface area contributed by atoms with E-state index in [9.17, 15) is 4.79 Å². The first-order valence-corrected chi connectivity index (χ1v) is 9.72. The van der Waals surface area contributed by atoms with Crippen LogP contribution in [0.5, 0.6) is 5.75 Å². The number of nitrogens with zero attached hydrogens (tertiary/aromatic N) is 3. The number of carbonyl (C=O) groups excluding carboxylic acids is 1. The molecule has 1 heterocycles. The number of rotatable bonds is 7. The van der Waals surface area contributed by atoms with Crippen LogP contribution < -0.4 is 4.74 Å². The molecule has 3 rings (SSSR count). The average Bonchev–Trinajstić information content (AvgIpc) is 3.15. The molecule has 0 fully saturated rings. The molecule has 0 saturated carbocycles. The van der Waals surface area contributed by atoms with Crippen molar-refractivity contribution in [3.8, 4) is 17.1 Å². The van der Waals surface area contributed by atoms with Gasteiger partial charge in [0.15, 0.2) is 6.61 Å². The van der Waals surface area contributed by atoms with Crippen molar-refractivity contribution >= 4 is 5.91 Å². The molecule has 0 aliphatic rings. The normalized spacial score (nSPS) is 11.0. The number of amides is 1. The molecule has 0 radical (unpaired) electrons. The van der Waals surface area contributed by atoms with Gasteiger partial charge in [-0.05, 0) is 51.8 Å². The molecule has 0 unspecified atom stereocenters. The zero-order chi connectivity index (χ0) is 21.0. The molecule has 29 heavy (non-hydrogen) atoms. The summed E-state index contributed by atoms with van der Waals surface area (Å²) >= 11 is 0. The Hall–Kier alpha value is -3.15. The third kappa shape index (κ3) is 5.22. The van der Waals surface area contributed by atoms with Gasteiger partial charge >= 0.3 is 0 Å². The largest absolute Gasteiger partial charge is 0.483 e. The highest BCUT2D eigenvalue weighted by molar-refractivity contribution is 5.78. The monoisotopic (exact) mass is 393 g/mol. The van der Waals surface area contributed by atoms with Crippen molar-refractivity contribution in [1.82, 2.24) is 15.0 Å². The Morgan fingerprint density at radius 2 is 1.76 bits per heavy atom. The van der Waals surface area contributed by atoms with E-state index < -0.39 is 0 Å². The Labute approximate surface area is 171 Å². The summed E-state index contributed by atoms with van der Waals surface area (Å²) in [6.45, 7) is 10.1. The summed E-state index contributed by atoms with van der Waals surface area (Å²) in [5.74, 6) is 1.51. The highest BCUT2D eigenvalue weighted by Crippen LogP contribution is 2.20. The number of hydrogen-bond acceptors (Lipinski definition) is 5. The van der Waals surface area contributed by atoms with Crippen molar-refractivity contribution in [3.63, 3.8) is 0 Å². The molecular formula is C23H27N3O3. The SMILES string of the molecule is Cc1ccc(-c2noc(CN(C(=O)COc3cc(C)ccc3C)C(C)C)n2)cc1. The molecule has 3 aromatic rings. The van der Waals surface area contributed by atoms with E-state index in [-0.39, 0.29) is 25.1 Å². The lowest BCUT2D eigenvalue weighted by Crippen LogP contribution is -2.39. The lowest BCUT2D eigenvalue weighted by atomic mass is 10.1. The maximum absolute atomic E-state index is 12.8. The highest BCUT2D eigenvalue weighted by Gasteiger charge is 2.21. The molecular weight excluding hydrogens is 366 g/mol. The molecule has 6 nitrogen and oxygen atoms in total. The van der Waals surface area contributed by atoms with Crippen molar-refractivity contribution in [2.45, 2.75) is 47.2 Å². The Kier molecular flexibility index (Phi) is 6.32. The molecule has 0 bridgehead atoms. The number of aryl methyl sites for hydroxylation is 3. The summed E-state index contributed by atoms with van der Waals surface area (Å²) in [6, 6.07) is 13.8. The summed E-state index contributed by atoms with van der Waals surface area (Å²) in [6.07, 6.45) is 0. The van der Waals surface area contributed by atoms with Gasteiger partial charge in [0.05, 0.1) is 0 Å². The zero-order valence-electron chi connectivity index (χ0n) is 17.6. The quantitative estimate of drug-likeness (QED) is 0.592. The summed E-state index contributed by atoms with van der Waals surface area (Å²) in [4.78, 5) is 18.9. The van der Waals surface area contributed by atoms with Crippen LogP contribution in [-0.2, 0) is 11.3 Å². The fourth-order valence-corrected chi connectivity index (χ4v) is 2.93. The third-order valence-corrected chi connectivity index (χ3v) is 4.72. The van der Waals surface area contributed by atoms with Crippen LogP contribution in [0.4, 0.5) is 0 Å². The Balaban J connectivity index is 1.67. The minimum Gasteiger partial charge on any atom is -0.483 e. The molecule has 0 N–H and O–H groups in total. The second-order valence-corrected chi connectivity index (χ2v) is 7.55. The van der Waals surface area contributed by atoms with Crippen molar-refractivity contribution in [1.29, 1.82) is 0 Å². The molecule has 0 aliphatic heterocycles. The van der Waals surface area contributed by atoms with E-state index in [1.165, 1.54) is 0 Å². The molecule has 0 aliphatic carbocycles. The van der Waals surface area contributed by atoms with Gasteiger partial charge in [0, 0.05) is 11.6 Å². The molecule has 0 saturated heterocycles. The number of hydrogen-bond donors (Lipinski definition) is 0. The molecule has 1 amide bonds. The van der Waals surface area contributed by atoms with E-state index in [2.05, 4.69) is 10.1 Å². The first-order valence-electron chi connectivity index (χ1n) is 9.72. The first-order chi connectivity index (χ1) is 13.8. The highest BCUT2D eigenvalue weighted by atomic mass is 16.5. The van der Waals surface area contributed by atoms with Crippen molar-refractivity contribution in [2.24, 2.45) is 0 Å². The van der Waals surface area contributed by atoms with Crippen LogP contribution >= 0.6 is 0 Å². The van der Waals surface area contributed by atoms with Crippen LogP contribution in [0.25, 0.3) is 11.4 Å². The lowest BCUT2D eigenvalue weighted by molar-refractivity contribution is -0.136. The molecule has 2 aromatic carbocycles.